The van der Waals surface area contributed by atoms with Crippen LogP contribution in [0.4, 0.5) is 19.0 Å². The van der Waals surface area contributed by atoms with Gasteiger partial charge >= 0.3 is 6.18 Å². The molecule has 1 unspecified atom stereocenters. The molecule has 1 amide bonds. The van der Waals surface area contributed by atoms with Crippen LogP contribution in [0.2, 0.25) is 5.02 Å². The normalized spacial score (nSPS) is 19.3. The van der Waals surface area contributed by atoms with Gasteiger partial charge in [-0.05, 0) is 31.2 Å². The highest BCUT2D eigenvalue weighted by atomic mass is 35.5. The number of hydrazine groups is 2. The number of carbonyl (C=O) groups excluding carboxylic acids is 1. The first-order valence-corrected chi connectivity index (χ1v) is 9.26. The van der Waals surface area contributed by atoms with E-state index >= 15 is 0 Å². The summed E-state index contributed by atoms with van der Waals surface area (Å²) in [5.74, 6) is 0.149. The number of halogens is 4. The fourth-order valence-corrected chi connectivity index (χ4v) is 3.80. The van der Waals surface area contributed by atoms with Crippen LogP contribution in [0.5, 0.6) is 0 Å². The van der Waals surface area contributed by atoms with Crippen molar-refractivity contribution in [2.75, 3.05) is 11.6 Å². The van der Waals surface area contributed by atoms with E-state index in [2.05, 4.69) is 15.9 Å². The monoisotopic (exact) mass is 423 g/mol. The lowest BCUT2D eigenvalue weighted by atomic mass is 10.0. The Labute approximate surface area is 169 Å². The Bertz CT molecular complexity index is 980. The molecule has 3 heterocycles. The van der Waals surface area contributed by atoms with Crippen molar-refractivity contribution in [1.29, 1.82) is 0 Å². The molecule has 2 aromatic rings. The fraction of sp³-hybridized carbons (Fsp3) is 0.263. The lowest BCUT2D eigenvalue weighted by Crippen LogP contribution is -2.44. The molecule has 152 valence electrons. The number of carbonyl (C=O) groups is 1. The van der Waals surface area contributed by atoms with Gasteiger partial charge in [-0.2, -0.15) is 13.2 Å². The number of nitrogens with zero attached hydrogens (tertiary/aromatic N) is 3. The van der Waals surface area contributed by atoms with Crippen LogP contribution in [0.1, 0.15) is 29.3 Å². The van der Waals surface area contributed by atoms with E-state index in [1.807, 2.05) is 25.1 Å². The Balaban J connectivity index is 1.62. The van der Waals surface area contributed by atoms with Crippen molar-refractivity contribution in [3.05, 3.63) is 70.1 Å². The molecule has 1 aromatic heterocycles. The number of hydrogen-bond donors (Lipinski definition) is 2. The van der Waals surface area contributed by atoms with Crippen LogP contribution >= 0.6 is 11.6 Å². The smallest absolute Gasteiger partial charge is 0.330 e. The molecule has 2 aliphatic rings. The predicted octanol–water partition coefficient (Wildman–Crippen LogP) is 3.73. The van der Waals surface area contributed by atoms with Gasteiger partial charge in [-0.15, -0.1) is 5.53 Å². The van der Waals surface area contributed by atoms with E-state index < -0.39 is 22.7 Å². The number of hydrogen-bond acceptors (Lipinski definition) is 5. The van der Waals surface area contributed by atoms with Crippen LogP contribution in [0.15, 0.2) is 54.0 Å². The molecule has 2 aliphatic heterocycles. The lowest BCUT2D eigenvalue weighted by molar-refractivity contribution is -0.137. The molecule has 10 heteroatoms. The van der Waals surface area contributed by atoms with Gasteiger partial charge in [0.2, 0.25) is 0 Å². The molecular formula is C19H17ClF3N5O. The first-order chi connectivity index (χ1) is 13.8. The zero-order valence-corrected chi connectivity index (χ0v) is 16.1. The molecule has 6 nitrogen and oxygen atoms in total. The van der Waals surface area contributed by atoms with Crippen molar-refractivity contribution < 1.29 is 18.0 Å². The maximum absolute atomic E-state index is 13.1. The molecule has 2 N–H and O–H groups in total. The largest absolute Gasteiger partial charge is 0.417 e. The first-order valence-electron chi connectivity index (χ1n) is 8.89. The molecule has 1 aromatic carbocycles. The van der Waals surface area contributed by atoms with Gasteiger partial charge in [0, 0.05) is 18.7 Å². The van der Waals surface area contributed by atoms with Crippen LogP contribution in [0.3, 0.4) is 0 Å². The number of anilines is 1. The zero-order chi connectivity index (χ0) is 20.8. The van der Waals surface area contributed by atoms with Gasteiger partial charge < -0.3 is 10.3 Å². The number of alkyl halides is 3. The Morgan fingerprint density at radius 2 is 2.03 bits per heavy atom. The van der Waals surface area contributed by atoms with E-state index in [0.29, 0.717) is 12.2 Å². The van der Waals surface area contributed by atoms with Crippen LogP contribution in [0, 0.1) is 0 Å². The molecule has 0 spiro atoms. The van der Waals surface area contributed by atoms with Crippen molar-refractivity contribution >= 4 is 23.3 Å². The van der Waals surface area contributed by atoms with Crippen LogP contribution in [-0.4, -0.2) is 28.4 Å². The SMILES string of the molecule is CC1CC2=C(CN1C(=O)c1cccc(C(F)(F)F)c1Cl)NNN2c1ccccn1. The summed E-state index contributed by atoms with van der Waals surface area (Å²) in [6.45, 7) is 2.05. The fourth-order valence-electron chi connectivity index (χ4n) is 3.48. The Morgan fingerprint density at radius 1 is 1.24 bits per heavy atom. The van der Waals surface area contributed by atoms with Gasteiger partial charge in [-0.1, -0.05) is 23.7 Å². The minimum Gasteiger partial charge on any atom is -0.330 e. The predicted molar refractivity (Wildman–Crippen MR) is 102 cm³/mol. The molecule has 0 saturated heterocycles. The second-order valence-corrected chi connectivity index (χ2v) is 7.21. The summed E-state index contributed by atoms with van der Waals surface area (Å²) < 4.78 is 39.4. The Morgan fingerprint density at radius 3 is 2.72 bits per heavy atom. The second-order valence-electron chi connectivity index (χ2n) is 6.84. The van der Waals surface area contributed by atoms with Crippen molar-refractivity contribution in [1.82, 2.24) is 20.8 Å². The molecule has 1 atom stereocenters. The van der Waals surface area contributed by atoms with Crippen molar-refractivity contribution in [3.8, 4) is 0 Å². The highest BCUT2D eigenvalue weighted by Crippen LogP contribution is 2.37. The van der Waals surface area contributed by atoms with E-state index in [4.69, 9.17) is 11.6 Å². The molecule has 0 bridgehead atoms. The summed E-state index contributed by atoms with van der Waals surface area (Å²) in [6, 6.07) is 8.64. The third-order valence-corrected chi connectivity index (χ3v) is 5.37. The van der Waals surface area contributed by atoms with Gasteiger partial charge in [-0.3, -0.25) is 4.79 Å². The third kappa shape index (κ3) is 3.51. The summed E-state index contributed by atoms with van der Waals surface area (Å²) in [4.78, 5) is 18.8. The molecule has 0 fully saturated rings. The van der Waals surface area contributed by atoms with Crippen LogP contribution in [0.25, 0.3) is 0 Å². The Hall–Kier alpha value is -2.78. The number of nitrogens with one attached hydrogen (secondary N) is 2. The van der Waals surface area contributed by atoms with Gasteiger partial charge in [0.15, 0.2) is 0 Å². The standard InChI is InChI=1S/C19H17ClF3N5O/c1-11-9-15-14(25-26-28(15)16-7-2-3-8-24-16)10-27(11)18(29)12-5-4-6-13(17(12)20)19(21,22)23/h2-8,11,25-26H,9-10H2,1H3. The second kappa shape index (κ2) is 7.23. The number of benzene rings is 1. The molecule has 0 radical (unpaired) electrons. The van der Waals surface area contributed by atoms with Gasteiger partial charge in [-0.25, -0.2) is 9.99 Å². The van der Waals surface area contributed by atoms with Crippen LogP contribution in [-0.2, 0) is 6.18 Å². The first kappa shape index (κ1) is 19.5. The summed E-state index contributed by atoms with van der Waals surface area (Å²) >= 11 is 5.95. The average Bonchev–Trinajstić information content (AvgIpc) is 3.09. The van der Waals surface area contributed by atoms with E-state index in [0.717, 1.165) is 17.5 Å². The number of rotatable bonds is 2. The van der Waals surface area contributed by atoms with Crippen molar-refractivity contribution in [3.63, 3.8) is 0 Å². The number of amides is 1. The quantitative estimate of drug-likeness (QED) is 0.770. The maximum atomic E-state index is 13.1. The minimum absolute atomic E-state index is 0.162. The number of pyridine rings is 1. The van der Waals surface area contributed by atoms with Crippen LogP contribution < -0.4 is 16.0 Å². The van der Waals surface area contributed by atoms with E-state index in [1.54, 1.807) is 11.2 Å². The van der Waals surface area contributed by atoms with E-state index in [-0.39, 0.29) is 18.2 Å². The molecule has 0 saturated carbocycles. The van der Waals surface area contributed by atoms with Gasteiger partial charge in [0.25, 0.3) is 5.91 Å². The minimum atomic E-state index is -4.63. The molecule has 0 aliphatic carbocycles. The Kier molecular flexibility index (Phi) is 4.87. The topological polar surface area (TPSA) is 60.5 Å². The molecular weight excluding hydrogens is 407 g/mol. The van der Waals surface area contributed by atoms with E-state index in [1.165, 1.54) is 17.0 Å². The summed E-state index contributed by atoms with van der Waals surface area (Å²) in [6.07, 6.45) is -2.46. The zero-order valence-electron chi connectivity index (χ0n) is 15.3. The average molecular weight is 424 g/mol. The highest BCUT2D eigenvalue weighted by Gasteiger charge is 2.38. The van der Waals surface area contributed by atoms with Crippen molar-refractivity contribution in [2.24, 2.45) is 0 Å². The summed E-state index contributed by atoms with van der Waals surface area (Å²) in [5.41, 5.74) is 6.53. The lowest BCUT2D eigenvalue weighted by Gasteiger charge is -2.35. The highest BCUT2D eigenvalue weighted by molar-refractivity contribution is 6.34. The molecule has 29 heavy (non-hydrogen) atoms. The van der Waals surface area contributed by atoms with Gasteiger partial charge in [0.1, 0.15) is 5.82 Å². The van der Waals surface area contributed by atoms with E-state index in [9.17, 15) is 18.0 Å². The van der Waals surface area contributed by atoms with Gasteiger partial charge in [0.05, 0.1) is 34.1 Å². The summed E-state index contributed by atoms with van der Waals surface area (Å²) in [5, 5.41) is 1.22. The molecule has 4 rings (SSSR count). The number of aromatic nitrogens is 1. The maximum Gasteiger partial charge on any atom is 0.417 e. The summed E-state index contributed by atoms with van der Waals surface area (Å²) in [7, 11) is 0. The third-order valence-electron chi connectivity index (χ3n) is 4.96. The van der Waals surface area contributed by atoms with Crippen molar-refractivity contribution in [2.45, 2.75) is 25.6 Å².